The van der Waals surface area contributed by atoms with Gasteiger partial charge in [-0.25, -0.2) is 0 Å². The Bertz CT molecular complexity index is 1250. The molecule has 0 radical (unpaired) electrons. The first kappa shape index (κ1) is 21.4. The fraction of sp³-hybridized carbons (Fsp3) is 0.231. The number of rotatable bonds is 6. The Balaban J connectivity index is 1.39. The maximum absolute atomic E-state index is 12.6. The van der Waals surface area contributed by atoms with E-state index in [0.29, 0.717) is 0 Å². The summed E-state index contributed by atoms with van der Waals surface area (Å²) in [6, 6.07) is 20.1. The lowest BCUT2D eigenvalue weighted by atomic mass is 10.1. The fourth-order valence-corrected chi connectivity index (χ4v) is 4.97. The van der Waals surface area contributed by atoms with Crippen LogP contribution in [0.3, 0.4) is 0 Å². The molecule has 1 saturated heterocycles. The quantitative estimate of drug-likeness (QED) is 0.376. The van der Waals surface area contributed by atoms with Gasteiger partial charge < -0.3 is 4.90 Å². The summed E-state index contributed by atoms with van der Waals surface area (Å²) >= 11 is 1.63. The highest BCUT2D eigenvalue weighted by molar-refractivity contribution is 7.98. The van der Waals surface area contributed by atoms with Crippen molar-refractivity contribution in [2.75, 3.05) is 13.1 Å². The molecule has 4 aromatic rings. The predicted molar refractivity (Wildman–Crippen MR) is 130 cm³/mol. The van der Waals surface area contributed by atoms with E-state index in [1.165, 1.54) is 0 Å². The summed E-state index contributed by atoms with van der Waals surface area (Å²) in [4.78, 5) is 18.8. The van der Waals surface area contributed by atoms with Gasteiger partial charge in [0, 0.05) is 42.4 Å². The summed E-state index contributed by atoms with van der Waals surface area (Å²) in [6.45, 7) is 3.82. The molecule has 1 aliphatic heterocycles. The Morgan fingerprint density at radius 3 is 2.48 bits per heavy atom. The molecule has 0 unspecified atom stereocenters. The third-order valence-electron chi connectivity index (χ3n) is 5.87. The normalized spacial score (nSPS) is 13.4. The van der Waals surface area contributed by atoms with Gasteiger partial charge in [0.15, 0.2) is 11.0 Å². The van der Waals surface area contributed by atoms with Gasteiger partial charge in [-0.1, -0.05) is 42.1 Å². The molecule has 7 heteroatoms. The summed E-state index contributed by atoms with van der Waals surface area (Å²) in [7, 11) is 0. The molecule has 5 rings (SSSR count). The minimum Gasteiger partial charge on any atom is -0.339 e. The zero-order valence-electron chi connectivity index (χ0n) is 18.5. The van der Waals surface area contributed by atoms with Crippen molar-refractivity contribution in [1.29, 1.82) is 0 Å². The maximum atomic E-state index is 12.6. The van der Waals surface area contributed by atoms with Crippen LogP contribution in [0.15, 0.2) is 78.2 Å². The summed E-state index contributed by atoms with van der Waals surface area (Å²) < 4.78 is 2.10. The second kappa shape index (κ2) is 9.58. The Labute approximate surface area is 197 Å². The van der Waals surface area contributed by atoms with Crippen molar-refractivity contribution < 1.29 is 4.79 Å². The number of thioether (sulfide) groups is 1. The standard InChI is InChI=1S/C26H25N5OS/c1-19-7-2-3-9-23(19)31-24(22-8-6-14-27-17-22)28-29-26(31)33-18-20-10-12-21(13-11-20)25(32)30-15-4-5-16-30/h2-3,6-14,17H,4-5,15-16,18H2,1H3. The van der Waals surface area contributed by atoms with Crippen molar-refractivity contribution >= 4 is 17.7 Å². The summed E-state index contributed by atoms with van der Waals surface area (Å²) in [5, 5.41) is 9.83. The summed E-state index contributed by atoms with van der Waals surface area (Å²) in [6.07, 6.45) is 5.77. The van der Waals surface area contributed by atoms with Gasteiger partial charge in [0.1, 0.15) is 0 Å². The molecule has 2 aromatic carbocycles. The molecule has 0 bridgehead atoms. The second-order valence-corrected chi connectivity index (χ2v) is 9.10. The number of hydrogen-bond acceptors (Lipinski definition) is 5. The molecule has 0 saturated carbocycles. The van der Waals surface area contributed by atoms with E-state index in [-0.39, 0.29) is 5.91 Å². The Hall–Kier alpha value is -3.45. The molecule has 1 fully saturated rings. The monoisotopic (exact) mass is 455 g/mol. The van der Waals surface area contributed by atoms with Crippen molar-refractivity contribution in [1.82, 2.24) is 24.6 Å². The third kappa shape index (κ3) is 4.54. The van der Waals surface area contributed by atoms with Crippen molar-refractivity contribution in [3.8, 4) is 17.1 Å². The maximum Gasteiger partial charge on any atom is 0.253 e. The zero-order chi connectivity index (χ0) is 22.6. The minimum absolute atomic E-state index is 0.132. The first-order chi connectivity index (χ1) is 16.2. The number of likely N-dealkylation sites (tertiary alicyclic amines) is 1. The number of benzene rings is 2. The van der Waals surface area contributed by atoms with Crippen LogP contribution < -0.4 is 0 Å². The molecule has 3 heterocycles. The molecule has 33 heavy (non-hydrogen) atoms. The van der Waals surface area contributed by atoms with Gasteiger partial charge in [0.2, 0.25) is 0 Å². The average Bonchev–Trinajstić information content (AvgIpc) is 3.54. The van der Waals surface area contributed by atoms with Crippen LogP contribution in [-0.4, -0.2) is 43.6 Å². The van der Waals surface area contributed by atoms with Crippen molar-refractivity contribution in [3.63, 3.8) is 0 Å². The van der Waals surface area contributed by atoms with Crippen LogP contribution in [0, 0.1) is 6.92 Å². The molecule has 2 aromatic heterocycles. The lowest BCUT2D eigenvalue weighted by Gasteiger charge is -2.15. The SMILES string of the molecule is Cc1ccccc1-n1c(SCc2ccc(C(=O)N3CCCC3)cc2)nnc1-c1cccnc1. The van der Waals surface area contributed by atoms with E-state index in [4.69, 9.17) is 0 Å². The van der Waals surface area contributed by atoms with Crippen molar-refractivity contribution in [2.45, 2.75) is 30.7 Å². The first-order valence-corrected chi connectivity index (χ1v) is 12.1. The number of amides is 1. The average molecular weight is 456 g/mol. The highest BCUT2D eigenvalue weighted by atomic mass is 32.2. The molecule has 0 atom stereocenters. The number of aryl methyl sites for hydroxylation is 1. The smallest absolute Gasteiger partial charge is 0.253 e. The Morgan fingerprint density at radius 1 is 0.970 bits per heavy atom. The van der Waals surface area contributed by atoms with Crippen LogP contribution in [0.2, 0.25) is 0 Å². The molecular weight excluding hydrogens is 430 g/mol. The third-order valence-corrected chi connectivity index (χ3v) is 6.87. The van der Waals surface area contributed by atoms with E-state index in [0.717, 1.165) is 70.6 Å². The van der Waals surface area contributed by atoms with Crippen LogP contribution in [0.25, 0.3) is 17.1 Å². The molecule has 166 valence electrons. The number of pyridine rings is 1. The van der Waals surface area contributed by atoms with E-state index < -0.39 is 0 Å². The van der Waals surface area contributed by atoms with E-state index in [1.54, 1.807) is 18.0 Å². The molecule has 0 N–H and O–H groups in total. The highest BCUT2D eigenvalue weighted by Crippen LogP contribution is 2.30. The lowest BCUT2D eigenvalue weighted by molar-refractivity contribution is 0.0793. The number of carbonyl (C=O) groups is 1. The van der Waals surface area contributed by atoms with Crippen LogP contribution in [0.5, 0.6) is 0 Å². The molecule has 6 nitrogen and oxygen atoms in total. The molecule has 0 spiro atoms. The number of carbonyl (C=O) groups excluding carboxylic acids is 1. The zero-order valence-corrected chi connectivity index (χ0v) is 19.3. The van der Waals surface area contributed by atoms with Gasteiger partial charge in [-0.05, 0) is 61.2 Å². The van der Waals surface area contributed by atoms with Crippen molar-refractivity contribution in [3.05, 3.63) is 89.7 Å². The molecular formula is C26H25N5OS. The Morgan fingerprint density at radius 2 is 1.76 bits per heavy atom. The van der Waals surface area contributed by atoms with E-state index in [2.05, 4.69) is 38.8 Å². The summed E-state index contributed by atoms with van der Waals surface area (Å²) in [5.74, 6) is 1.63. The number of hydrogen-bond donors (Lipinski definition) is 0. The molecule has 1 amide bonds. The number of nitrogens with zero attached hydrogens (tertiary/aromatic N) is 5. The topological polar surface area (TPSA) is 63.9 Å². The van der Waals surface area contributed by atoms with E-state index in [1.807, 2.05) is 59.6 Å². The number of para-hydroxylation sites is 1. The van der Waals surface area contributed by atoms with Gasteiger partial charge in [0.05, 0.1) is 5.69 Å². The largest absolute Gasteiger partial charge is 0.339 e. The molecule has 0 aliphatic carbocycles. The molecule has 1 aliphatic rings. The van der Waals surface area contributed by atoms with Crippen LogP contribution in [0.4, 0.5) is 0 Å². The Kier molecular flexibility index (Phi) is 6.21. The van der Waals surface area contributed by atoms with Gasteiger partial charge >= 0.3 is 0 Å². The predicted octanol–water partition coefficient (Wildman–Crippen LogP) is 5.17. The van der Waals surface area contributed by atoms with Crippen LogP contribution in [-0.2, 0) is 5.75 Å². The van der Waals surface area contributed by atoms with Gasteiger partial charge in [-0.3, -0.25) is 14.3 Å². The fourth-order valence-electron chi connectivity index (χ4n) is 4.07. The van der Waals surface area contributed by atoms with Crippen LogP contribution >= 0.6 is 11.8 Å². The number of aromatic nitrogens is 4. The van der Waals surface area contributed by atoms with Gasteiger partial charge in [-0.2, -0.15) is 0 Å². The second-order valence-electron chi connectivity index (χ2n) is 8.15. The van der Waals surface area contributed by atoms with E-state index in [9.17, 15) is 4.79 Å². The van der Waals surface area contributed by atoms with Gasteiger partial charge in [0.25, 0.3) is 5.91 Å². The lowest BCUT2D eigenvalue weighted by Crippen LogP contribution is -2.27. The summed E-state index contributed by atoms with van der Waals surface area (Å²) in [5.41, 5.74) is 5.02. The van der Waals surface area contributed by atoms with Crippen molar-refractivity contribution in [2.24, 2.45) is 0 Å². The minimum atomic E-state index is 0.132. The van der Waals surface area contributed by atoms with Crippen LogP contribution in [0.1, 0.15) is 34.3 Å². The first-order valence-electron chi connectivity index (χ1n) is 11.1. The van der Waals surface area contributed by atoms with E-state index >= 15 is 0 Å². The van der Waals surface area contributed by atoms with Gasteiger partial charge in [-0.15, -0.1) is 10.2 Å². The highest BCUT2D eigenvalue weighted by Gasteiger charge is 2.20.